The first-order chi connectivity index (χ1) is 8.06. The van der Waals surface area contributed by atoms with Crippen molar-refractivity contribution in [2.45, 2.75) is 45.1 Å². The largest absolute Gasteiger partial charge is 0.466 e. The maximum atomic E-state index is 11.5. The van der Waals surface area contributed by atoms with Crippen molar-refractivity contribution in [3.63, 3.8) is 0 Å². The second-order valence-corrected chi connectivity index (χ2v) is 4.48. The Morgan fingerprint density at radius 2 is 2.18 bits per heavy atom. The van der Waals surface area contributed by atoms with Gasteiger partial charge in [0.1, 0.15) is 0 Å². The first kappa shape index (κ1) is 14.0. The third-order valence-electron chi connectivity index (χ3n) is 2.82. The van der Waals surface area contributed by atoms with E-state index < -0.39 is 0 Å². The molecule has 0 aliphatic carbocycles. The number of hydrogen-bond donors (Lipinski definition) is 1. The Hall–Kier alpha value is -1.10. The molecule has 1 heterocycles. The van der Waals surface area contributed by atoms with Crippen molar-refractivity contribution < 1.29 is 19.1 Å². The van der Waals surface area contributed by atoms with Crippen LogP contribution in [-0.2, 0) is 19.1 Å². The van der Waals surface area contributed by atoms with Gasteiger partial charge in [-0.05, 0) is 26.7 Å². The van der Waals surface area contributed by atoms with Gasteiger partial charge in [-0.25, -0.2) is 0 Å². The molecule has 1 aliphatic rings. The quantitative estimate of drug-likeness (QED) is 0.707. The molecule has 17 heavy (non-hydrogen) atoms. The number of carbonyl (C=O) groups excluding carboxylic acids is 2. The summed E-state index contributed by atoms with van der Waals surface area (Å²) in [5, 5.41) is 2.79. The summed E-state index contributed by atoms with van der Waals surface area (Å²) < 4.78 is 10.3. The van der Waals surface area contributed by atoms with Crippen molar-refractivity contribution >= 4 is 11.9 Å². The Kier molecular flexibility index (Phi) is 5.41. The van der Waals surface area contributed by atoms with E-state index in [9.17, 15) is 9.59 Å². The molecule has 1 unspecified atom stereocenters. The minimum Gasteiger partial charge on any atom is -0.466 e. The zero-order chi connectivity index (χ0) is 12.7. The van der Waals surface area contributed by atoms with Crippen LogP contribution in [0.5, 0.6) is 0 Å². The van der Waals surface area contributed by atoms with Gasteiger partial charge in [0.15, 0.2) is 0 Å². The molecule has 0 spiro atoms. The van der Waals surface area contributed by atoms with Gasteiger partial charge < -0.3 is 14.8 Å². The number of hydrogen-bond acceptors (Lipinski definition) is 4. The highest BCUT2D eigenvalue weighted by atomic mass is 16.5. The third-order valence-corrected chi connectivity index (χ3v) is 2.82. The van der Waals surface area contributed by atoms with Gasteiger partial charge in [-0.1, -0.05) is 0 Å². The average Bonchev–Trinajstić information content (AvgIpc) is 2.72. The second kappa shape index (κ2) is 6.59. The lowest BCUT2D eigenvalue weighted by Crippen LogP contribution is -2.40. The molecule has 0 radical (unpaired) electrons. The molecule has 5 heteroatoms. The van der Waals surface area contributed by atoms with Gasteiger partial charge in [-0.15, -0.1) is 0 Å². The van der Waals surface area contributed by atoms with Gasteiger partial charge in [0.2, 0.25) is 5.91 Å². The molecule has 0 saturated carbocycles. The summed E-state index contributed by atoms with van der Waals surface area (Å²) in [6, 6.07) is 0. The summed E-state index contributed by atoms with van der Waals surface area (Å²) in [4.78, 5) is 22.5. The number of ether oxygens (including phenoxy) is 2. The molecule has 0 aromatic heterocycles. The molecule has 0 bridgehead atoms. The summed E-state index contributed by atoms with van der Waals surface area (Å²) in [7, 11) is 0. The van der Waals surface area contributed by atoms with Crippen LogP contribution in [0, 0.1) is 0 Å². The molecule has 0 aromatic carbocycles. The fourth-order valence-electron chi connectivity index (χ4n) is 1.80. The fraction of sp³-hybridized carbons (Fsp3) is 0.833. The van der Waals surface area contributed by atoms with E-state index >= 15 is 0 Å². The van der Waals surface area contributed by atoms with E-state index in [1.54, 1.807) is 6.92 Å². The SMILES string of the molecule is CCOC(=O)CCC(=O)NCC1(C)CCCO1. The number of esters is 1. The lowest BCUT2D eigenvalue weighted by Gasteiger charge is -2.23. The molecule has 5 nitrogen and oxygen atoms in total. The minimum absolute atomic E-state index is 0.130. The fourth-order valence-corrected chi connectivity index (χ4v) is 1.80. The summed E-state index contributed by atoms with van der Waals surface area (Å²) in [5.74, 6) is -0.458. The molecule has 1 atom stereocenters. The van der Waals surface area contributed by atoms with Crippen LogP contribution in [0.3, 0.4) is 0 Å². The summed E-state index contributed by atoms with van der Waals surface area (Å²) in [6.45, 7) is 5.36. The van der Waals surface area contributed by atoms with Crippen LogP contribution >= 0.6 is 0 Å². The molecule has 1 rings (SSSR count). The van der Waals surface area contributed by atoms with E-state index in [-0.39, 0.29) is 30.3 Å². The minimum atomic E-state index is -0.328. The highest BCUT2D eigenvalue weighted by Gasteiger charge is 2.29. The van der Waals surface area contributed by atoms with Gasteiger partial charge in [0.25, 0.3) is 0 Å². The molecule has 1 aliphatic heterocycles. The summed E-state index contributed by atoms with van der Waals surface area (Å²) in [5.41, 5.74) is -0.237. The Balaban J connectivity index is 2.14. The number of carbonyl (C=O) groups is 2. The van der Waals surface area contributed by atoms with E-state index in [4.69, 9.17) is 9.47 Å². The van der Waals surface area contributed by atoms with Gasteiger partial charge in [0, 0.05) is 19.6 Å². The summed E-state index contributed by atoms with van der Waals surface area (Å²) in [6.07, 6.45) is 2.31. The van der Waals surface area contributed by atoms with Crippen LogP contribution < -0.4 is 5.32 Å². The van der Waals surface area contributed by atoms with E-state index in [2.05, 4.69) is 5.32 Å². The maximum absolute atomic E-state index is 11.5. The lowest BCUT2D eigenvalue weighted by atomic mass is 10.0. The summed E-state index contributed by atoms with van der Waals surface area (Å²) >= 11 is 0. The Morgan fingerprint density at radius 3 is 2.76 bits per heavy atom. The number of nitrogens with one attached hydrogen (secondary N) is 1. The zero-order valence-corrected chi connectivity index (χ0v) is 10.6. The third kappa shape index (κ3) is 5.17. The van der Waals surface area contributed by atoms with E-state index in [0.29, 0.717) is 13.2 Å². The van der Waals surface area contributed by atoms with Crippen LogP contribution in [0.25, 0.3) is 0 Å². The molecule has 98 valence electrons. The van der Waals surface area contributed by atoms with Crippen LogP contribution in [-0.4, -0.2) is 37.2 Å². The first-order valence-electron chi connectivity index (χ1n) is 6.12. The highest BCUT2D eigenvalue weighted by Crippen LogP contribution is 2.23. The topological polar surface area (TPSA) is 64.6 Å². The molecule has 1 amide bonds. The predicted molar refractivity (Wildman–Crippen MR) is 62.5 cm³/mol. The van der Waals surface area contributed by atoms with Gasteiger partial charge in [0.05, 0.1) is 18.6 Å². The molecular weight excluding hydrogens is 222 g/mol. The standard InChI is InChI=1S/C12H21NO4/c1-3-16-11(15)6-5-10(14)13-9-12(2)7-4-8-17-12/h3-9H2,1-2H3,(H,13,14). The van der Waals surface area contributed by atoms with Crippen LogP contribution in [0.2, 0.25) is 0 Å². The first-order valence-corrected chi connectivity index (χ1v) is 6.12. The maximum Gasteiger partial charge on any atom is 0.306 e. The normalized spacial score (nSPS) is 23.4. The second-order valence-electron chi connectivity index (χ2n) is 4.48. The van der Waals surface area contributed by atoms with E-state index in [1.807, 2.05) is 6.92 Å². The lowest BCUT2D eigenvalue weighted by molar-refractivity contribution is -0.144. The molecule has 0 aromatic rings. The van der Waals surface area contributed by atoms with Crippen LogP contribution in [0.15, 0.2) is 0 Å². The number of rotatable bonds is 6. The Bertz CT molecular complexity index is 272. The number of amides is 1. The zero-order valence-electron chi connectivity index (χ0n) is 10.6. The van der Waals surface area contributed by atoms with Crippen molar-refractivity contribution in [3.8, 4) is 0 Å². The van der Waals surface area contributed by atoms with Gasteiger partial charge >= 0.3 is 5.97 Å². The van der Waals surface area contributed by atoms with Crippen molar-refractivity contribution in [2.24, 2.45) is 0 Å². The molecule has 1 N–H and O–H groups in total. The monoisotopic (exact) mass is 243 g/mol. The molecule has 1 fully saturated rings. The Labute approximate surface area is 102 Å². The van der Waals surface area contributed by atoms with Gasteiger partial charge in [-0.3, -0.25) is 9.59 Å². The molecule has 1 saturated heterocycles. The molecular formula is C12H21NO4. The van der Waals surface area contributed by atoms with Crippen LogP contribution in [0.1, 0.15) is 39.5 Å². The smallest absolute Gasteiger partial charge is 0.306 e. The average molecular weight is 243 g/mol. The van der Waals surface area contributed by atoms with E-state index in [0.717, 1.165) is 19.4 Å². The van der Waals surface area contributed by atoms with Crippen molar-refractivity contribution in [1.29, 1.82) is 0 Å². The van der Waals surface area contributed by atoms with Crippen LogP contribution in [0.4, 0.5) is 0 Å². The van der Waals surface area contributed by atoms with E-state index in [1.165, 1.54) is 0 Å². The van der Waals surface area contributed by atoms with Crippen molar-refractivity contribution in [2.75, 3.05) is 19.8 Å². The predicted octanol–water partition coefficient (Wildman–Crippen LogP) is 1.01. The van der Waals surface area contributed by atoms with Crippen molar-refractivity contribution in [3.05, 3.63) is 0 Å². The highest BCUT2D eigenvalue weighted by molar-refractivity contribution is 5.81. The van der Waals surface area contributed by atoms with Crippen molar-refractivity contribution in [1.82, 2.24) is 5.32 Å². The Morgan fingerprint density at radius 1 is 1.41 bits per heavy atom. The van der Waals surface area contributed by atoms with Gasteiger partial charge in [-0.2, -0.15) is 0 Å².